The molecule has 3 aromatic rings. The molecule has 1 heterocycles. The monoisotopic (exact) mass is 506 g/mol. The Morgan fingerprint density at radius 3 is 2.17 bits per heavy atom. The zero-order valence-corrected chi connectivity index (χ0v) is 20.2. The van der Waals surface area contributed by atoms with Crippen LogP contribution >= 0.6 is 11.8 Å². The van der Waals surface area contributed by atoms with Gasteiger partial charge in [-0.2, -0.15) is 0 Å². The molecule has 4 N–H and O–H groups in total. The highest BCUT2D eigenvalue weighted by molar-refractivity contribution is 8.00. The zero-order valence-electron chi connectivity index (χ0n) is 19.3. The van der Waals surface area contributed by atoms with Crippen molar-refractivity contribution >= 4 is 40.7 Å². The molecule has 9 nitrogen and oxygen atoms in total. The van der Waals surface area contributed by atoms with Gasteiger partial charge in [0.2, 0.25) is 5.91 Å². The Bertz CT molecular complexity index is 1200. The molecule has 1 aliphatic rings. The molecule has 0 spiro atoms. The van der Waals surface area contributed by atoms with Crippen molar-refractivity contribution in [3.05, 3.63) is 100 Å². The van der Waals surface area contributed by atoms with Crippen LogP contribution in [0.4, 0.5) is 17.1 Å². The van der Waals surface area contributed by atoms with Gasteiger partial charge in [0.15, 0.2) is 4.99 Å². The number of hydrogen-bond acceptors (Lipinski definition) is 7. The molecule has 1 aliphatic heterocycles. The number of aliphatic carboxylic acids is 1. The van der Waals surface area contributed by atoms with E-state index in [-0.39, 0.29) is 18.0 Å². The number of nitrogens with one attached hydrogen (secondary N) is 3. The third-order valence-electron chi connectivity index (χ3n) is 5.78. The van der Waals surface area contributed by atoms with Crippen molar-refractivity contribution in [2.45, 2.75) is 23.8 Å². The van der Waals surface area contributed by atoms with Crippen molar-refractivity contribution in [3.8, 4) is 0 Å². The number of carboxylic acid groups (broad SMARTS) is 1. The lowest BCUT2D eigenvalue weighted by Gasteiger charge is -2.28. The lowest BCUT2D eigenvalue weighted by molar-refractivity contribution is -0.384. The minimum absolute atomic E-state index is 0.0757. The topological polar surface area (TPSA) is 134 Å². The maximum absolute atomic E-state index is 13.1. The molecule has 10 heteroatoms. The summed E-state index contributed by atoms with van der Waals surface area (Å²) in [6.45, 7) is 0.420. The van der Waals surface area contributed by atoms with Crippen LogP contribution in [0.25, 0.3) is 0 Å². The molecule has 0 aliphatic carbocycles. The van der Waals surface area contributed by atoms with Crippen molar-refractivity contribution < 1.29 is 19.6 Å². The Morgan fingerprint density at radius 2 is 1.58 bits per heavy atom. The molecular weight excluding hydrogens is 480 g/mol. The summed E-state index contributed by atoms with van der Waals surface area (Å²) < 4.78 is 0. The number of non-ortho nitro benzene ring substituents is 1. The van der Waals surface area contributed by atoms with Gasteiger partial charge in [-0.25, -0.2) is 0 Å². The number of hydrogen-bond donors (Lipinski definition) is 4. The maximum Gasteiger partial charge on any atom is 0.308 e. The summed E-state index contributed by atoms with van der Waals surface area (Å²) >= 11 is 1.36. The van der Waals surface area contributed by atoms with Crippen LogP contribution in [0.2, 0.25) is 0 Å². The van der Waals surface area contributed by atoms with Crippen molar-refractivity contribution in [2.75, 3.05) is 22.9 Å². The van der Waals surface area contributed by atoms with E-state index >= 15 is 0 Å². The molecule has 1 unspecified atom stereocenters. The lowest BCUT2D eigenvalue weighted by Crippen LogP contribution is -2.41. The summed E-state index contributed by atoms with van der Waals surface area (Å²) in [5, 5.41) is 29.8. The molecule has 0 bridgehead atoms. The number of carbonyl (C=O) groups is 2. The van der Waals surface area contributed by atoms with E-state index in [0.29, 0.717) is 30.1 Å². The smallest absolute Gasteiger partial charge is 0.308 e. The number of carbonyl (C=O) groups excluding carboxylic acids is 1. The molecular formula is C26H26N4O5S. The van der Waals surface area contributed by atoms with Gasteiger partial charge < -0.3 is 21.1 Å². The predicted octanol–water partition coefficient (Wildman–Crippen LogP) is 4.63. The SMILES string of the molecule is O=C(O)CC1(SCCCNC(=O)C(c2ccccc2)c2ccccc2)Nc2ccc([N+](=O)[O-])cc2N1. The van der Waals surface area contributed by atoms with Crippen LogP contribution in [0.1, 0.15) is 29.9 Å². The zero-order chi connectivity index (χ0) is 25.5. The Kier molecular flexibility index (Phi) is 7.74. The standard InChI is InChI=1S/C26H26N4O5S/c31-23(32)17-26(28-21-13-12-20(30(34)35)16-22(21)29-26)36-15-7-14-27-25(33)24(18-8-3-1-4-9-18)19-10-5-2-6-11-19/h1-6,8-13,16,24,28-29H,7,14-15,17H2,(H,27,33)(H,31,32). The van der Waals surface area contributed by atoms with E-state index < -0.39 is 21.8 Å². The van der Waals surface area contributed by atoms with Gasteiger partial charge in [-0.15, -0.1) is 11.8 Å². The van der Waals surface area contributed by atoms with Crippen molar-refractivity contribution in [3.63, 3.8) is 0 Å². The van der Waals surface area contributed by atoms with Crippen LogP contribution in [-0.4, -0.2) is 39.2 Å². The summed E-state index contributed by atoms with van der Waals surface area (Å²) in [6, 6.07) is 23.5. The predicted molar refractivity (Wildman–Crippen MR) is 140 cm³/mol. The van der Waals surface area contributed by atoms with E-state index in [0.717, 1.165) is 11.1 Å². The van der Waals surface area contributed by atoms with Crippen LogP contribution < -0.4 is 16.0 Å². The Labute approximate surface area is 212 Å². The van der Waals surface area contributed by atoms with Crippen LogP contribution in [0.3, 0.4) is 0 Å². The molecule has 1 amide bonds. The third-order valence-corrected chi connectivity index (χ3v) is 7.12. The summed E-state index contributed by atoms with van der Waals surface area (Å²) in [6.07, 6.45) is 0.366. The third kappa shape index (κ3) is 5.95. The summed E-state index contributed by atoms with van der Waals surface area (Å²) in [4.78, 5) is 34.2. The van der Waals surface area contributed by atoms with Crippen LogP contribution in [0, 0.1) is 10.1 Å². The normalized spacial score (nSPS) is 16.0. The molecule has 4 rings (SSSR count). The number of fused-ring (bicyclic) bond motifs is 1. The van der Waals surface area contributed by atoms with Crippen molar-refractivity contribution in [1.29, 1.82) is 0 Å². The van der Waals surface area contributed by atoms with Gasteiger partial charge in [0.05, 0.1) is 28.6 Å². The van der Waals surface area contributed by atoms with Gasteiger partial charge in [0.1, 0.15) is 0 Å². The first-order valence-electron chi connectivity index (χ1n) is 11.4. The Morgan fingerprint density at radius 1 is 0.972 bits per heavy atom. The minimum atomic E-state index is -1.04. The second kappa shape index (κ2) is 11.1. The average Bonchev–Trinajstić information content (AvgIpc) is 3.22. The number of anilines is 2. The molecule has 186 valence electrons. The van der Waals surface area contributed by atoms with Crippen molar-refractivity contribution in [1.82, 2.24) is 5.32 Å². The number of rotatable bonds is 11. The fourth-order valence-corrected chi connectivity index (χ4v) is 5.39. The van der Waals surface area contributed by atoms with Gasteiger partial charge in [0, 0.05) is 18.7 Å². The molecule has 0 saturated carbocycles. The van der Waals surface area contributed by atoms with Crippen LogP contribution in [-0.2, 0) is 9.59 Å². The number of nitro groups is 1. The number of nitro benzene ring substituents is 1. The molecule has 1 atom stereocenters. The van der Waals surface area contributed by atoms with Gasteiger partial charge >= 0.3 is 5.97 Å². The van der Waals surface area contributed by atoms with E-state index in [1.54, 1.807) is 6.07 Å². The second-order valence-corrected chi connectivity index (χ2v) is 9.78. The number of amides is 1. The van der Waals surface area contributed by atoms with Crippen LogP contribution in [0.15, 0.2) is 78.9 Å². The number of benzene rings is 3. The number of carboxylic acids is 1. The Balaban J connectivity index is 1.36. The van der Waals surface area contributed by atoms with Gasteiger partial charge in [-0.05, 0) is 29.4 Å². The molecule has 0 saturated heterocycles. The van der Waals surface area contributed by atoms with Gasteiger partial charge in [0.25, 0.3) is 5.69 Å². The van der Waals surface area contributed by atoms with E-state index in [1.807, 2.05) is 60.7 Å². The molecule has 0 fully saturated rings. The number of thioether (sulfide) groups is 1. The van der Waals surface area contributed by atoms with E-state index in [1.165, 1.54) is 23.9 Å². The first-order valence-corrected chi connectivity index (χ1v) is 12.4. The quantitative estimate of drug-likeness (QED) is 0.168. The lowest BCUT2D eigenvalue weighted by atomic mass is 9.90. The minimum Gasteiger partial charge on any atom is -0.481 e. The maximum atomic E-state index is 13.1. The highest BCUT2D eigenvalue weighted by Gasteiger charge is 2.39. The molecule has 0 aromatic heterocycles. The number of nitrogens with zero attached hydrogens (tertiary/aromatic N) is 1. The fraction of sp³-hybridized carbons (Fsp3) is 0.231. The summed E-state index contributed by atoms with van der Waals surface area (Å²) in [5.41, 5.74) is 2.83. The molecule has 3 aromatic carbocycles. The molecule has 36 heavy (non-hydrogen) atoms. The largest absolute Gasteiger partial charge is 0.481 e. The van der Waals surface area contributed by atoms with Gasteiger partial charge in [-0.3, -0.25) is 19.7 Å². The van der Waals surface area contributed by atoms with E-state index in [4.69, 9.17) is 0 Å². The first kappa shape index (κ1) is 25.1. The van der Waals surface area contributed by atoms with E-state index in [9.17, 15) is 24.8 Å². The Hall–Kier alpha value is -4.05. The van der Waals surface area contributed by atoms with Crippen LogP contribution in [0.5, 0.6) is 0 Å². The molecule has 0 radical (unpaired) electrons. The first-order chi connectivity index (χ1) is 17.4. The highest BCUT2D eigenvalue weighted by Crippen LogP contribution is 2.43. The second-order valence-electron chi connectivity index (χ2n) is 8.38. The van der Waals surface area contributed by atoms with Gasteiger partial charge in [-0.1, -0.05) is 60.7 Å². The fourth-order valence-electron chi connectivity index (χ4n) is 4.17. The van der Waals surface area contributed by atoms with Crippen molar-refractivity contribution in [2.24, 2.45) is 0 Å². The summed E-state index contributed by atoms with van der Waals surface area (Å²) in [5.74, 6) is -0.992. The average molecular weight is 507 g/mol. The highest BCUT2D eigenvalue weighted by atomic mass is 32.2. The summed E-state index contributed by atoms with van der Waals surface area (Å²) in [7, 11) is 0. The van der Waals surface area contributed by atoms with E-state index in [2.05, 4.69) is 16.0 Å².